The highest BCUT2D eigenvalue weighted by atomic mass is 16.5. The molecule has 0 bridgehead atoms. The van der Waals surface area contributed by atoms with Crippen LogP contribution in [-0.2, 0) is 4.74 Å². The molecule has 1 saturated heterocycles. The fourth-order valence-corrected chi connectivity index (χ4v) is 3.09. The Bertz CT molecular complexity index is 380. The Hall–Kier alpha value is -0.890. The lowest BCUT2D eigenvalue weighted by molar-refractivity contribution is -0.0179. The van der Waals surface area contributed by atoms with Gasteiger partial charge in [-0.25, -0.2) is 0 Å². The average Bonchev–Trinajstić information content (AvgIpc) is 2.63. The Labute approximate surface area is 160 Å². The fourth-order valence-electron chi connectivity index (χ4n) is 3.09. The second kappa shape index (κ2) is 13.3. The minimum absolute atomic E-state index is 0.388. The monoisotopic (exact) mass is 371 g/mol. The molecular formula is C19H41N5O2. The third-order valence-corrected chi connectivity index (χ3v) is 4.68. The van der Waals surface area contributed by atoms with Crippen LogP contribution >= 0.6 is 0 Å². The van der Waals surface area contributed by atoms with E-state index in [-0.39, 0.29) is 0 Å². The van der Waals surface area contributed by atoms with Crippen LogP contribution in [0.3, 0.4) is 0 Å². The van der Waals surface area contributed by atoms with E-state index < -0.39 is 5.60 Å². The van der Waals surface area contributed by atoms with E-state index in [2.05, 4.69) is 46.2 Å². The van der Waals surface area contributed by atoms with Gasteiger partial charge in [0.15, 0.2) is 5.96 Å². The van der Waals surface area contributed by atoms with Crippen molar-refractivity contribution in [1.82, 2.24) is 20.4 Å². The van der Waals surface area contributed by atoms with Gasteiger partial charge in [0, 0.05) is 32.7 Å². The van der Waals surface area contributed by atoms with Crippen molar-refractivity contribution in [2.75, 3.05) is 72.1 Å². The van der Waals surface area contributed by atoms with Crippen LogP contribution in [0.15, 0.2) is 4.99 Å². The van der Waals surface area contributed by atoms with Crippen molar-refractivity contribution >= 4 is 5.96 Å². The lowest BCUT2D eigenvalue weighted by Crippen LogP contribution is -2.48. The zero-order valence-corrected chi connectivity index (χ0v) is 17.4. The number of aliphatic imine (C=N–C) groups is 1. The van der Waals surface area contributed by atoms with E-state index in [1.165, 1.54) is 6.42 Å². The number of nitrogens with zero attached hydrogens (tertiary/aromatic N) is 3. The Balaban J connectivity index is 2.34. The molecule has 1 fully saturated rings. The summed E-state index contributed by atoms with van der Waals surface area (Å²) in [5.41, 5.74) is -0.831. The third kappa shape index (κ3) is 10.3. The van der Waals surface area contributed by atoms with Gasteiger partial charge >= 0.3 is 0 Å². The topological polar surface area (TPSA) is 72.4 Å². The third-order valence-electron chi connectivity index (χ3n) is 4.68. The van der Waals surface area contributed by atoms with Crippen molar-refractivity contribution in [3.05, 3.63) is 0 Å². The maximum atomic E-state index is 10.7. The molecule has 1 rings (SSSR count). The number of guanidine groups is 1. The van der Waals surface area contributed by atoms with E-state index in [0.717, 1.165) is 71.4 Å². The Morgan fingerprint density at radius 2 is 1.85 bits per heavy atom. The van der Waals surface area contributed by atoms with Crippen molar-refractivity contribution in [2.45, 2.75) is 46.1 Å². The van der Waals surface area contributed by atoms with E-state index in [0.29, 0.717) is 13.1 Å². The van der Waals surface area contributed by atoms with Gasteiger partial charge in [0.1, 0.15) is 0 Å². The summed E-state index contributed by atoms with van der Waals surface area (Å²) >= 11 is 0. The Morgan fingerprint density at radius 3 is 2.46 bits per heavy atom. The number of morpholine rings is 1. The van der Waals surface area contributed by atoms with Crippen molar-refractivity contribution in [3.8, 4) is 0 Å². The van der Waals surface area contributed by atoms with Crippen LogP contribution in [-0.4, -0.2) is 98.6 Å². The highest BCUT2D eigenvalue weighted by molar-refractivity contribution is 5.79. The summed E-state index contributed by atoms with van der Waals surface area (Å²) in [4.78, 5) is 9.28. The largest absolute Gasteiger partial charge is 0.387 e. The fraction of sp³-hybridized carbons (Fsp3) is 0.947. The van der Waals surface area contributed by atoms with Crippen molar-refractivity contribution < 1.29 is 9.84 Å². The van der Waals surface area contributed by atoms with Gasteiger partial charge in [0.05, 0.1) is 25.4 Å². The molecule has 0 saturated carbocycles. The molecule has 0 aromatic carbocycles. The second-order valence-electron chi connectivity index (χ2n) is 7.24. The molecule has 1 heterocycles. The predicted octanol–water partition coefficient (Wildman–Crippen LogP) is 0.747. The van der Waals surface area contributed by atoms with Crippen LogP contribution in [0, 0.1) is 0 Å². The molecule has 0 radical (unpaired) electrons. The van der Waals surface area contributed by atoms with Gasteiger partial charge in [-0.05, 0) is 46.3 Å². The first-order chi connectivity index (χ1) is 12.5. The normalized spacial score (nSPS) is 18.8. The molecule has 1 atom stereocenters. The average molecular weight is 372 g/mol. The number of aliphatic hydroxyl groups is 1. The molecular weight excluding hydrogens is 330 g/mol. The van der Waals surface area contributed by atoms with Crippen LogP contribution in [0.4, 0.5) is 0 Å². The number of rotatable bonds is 12. The molecule has 154 valence electrons. The van der Waals surface area contributed by atoms with E-state index in [4.69, 9.17) is 4.74 Å². The molecule has 0 spiro atoms. The van der Waals surface area contributed by atoms with Crippen LogP contribution in [0.2, 0.25) is 0 Å². The zero-order valence-electron chi connectivity index (χ0n) is 17.4. The van der Waals surface area contributed by atoms with E-state index in [1.807, 2.05) is 6.92 Å². The summed E-state index contributed by atoms with van der Waals surface area (Å²) in [6, 6.07) is 0. The molecule has 0 aromatic rings. The number of hydrogen-bond donors (Lipinski definition) is 3. The SMILES string of the molecule is CCNC(=NCC(C)(O)CN1CCOCC1)NCCCCN(CC)CC. The van der Waals surface area contributed by atoms with E-state index in [1.54, 1.807) is 0 Å². The Kier molecular flexibility index (Phi) is 11.8. The first-order valence-corrected chi connectivity index (χ1v) is 10.3. The summed E-state index contributed by atoms with van der Waals surface area (Å²) < 4.78 is 5.36. The number of ether oxygens (including phenoxy) is 1. The maximum absolute atomic E-state index is 10.7. The quantitative estimate of drug-likeness (QED) is 0.267. The first-order valence-electron chi connectivity index (χ1n) is 10.3. The van der Waals surface area contributed by atoms with Gasteiger partial charge in [-0.3, -0.25) is 9.89 Å². The first kappa shape index (κ1) is 23.1. The Morgan fingerprint density at radius 1 is 1.15 bits per heavy atom. The smallest absolute Gasteiger partial charge is 0.191 e. The van der Waals surface area contributed by atoms with Gasteiger partial charge in [-0.1, -0.05) is 13.8 Å². The molecule has 26 heavy (non-hydrogen) atoms. The lowest BCUT2D eigenvalue weighted by atomic mass is 10.1. The highest BCUT2D eigenvalue weighted by Gasteiger charge is 2.25. The molecule has 0 aliphatic carbocycles. The van der Waals surface area contributed by atoms with Crippen molar-refractivity contribution in [3.63, 3.8) is 0 Å². The van der Waals surface area contributed by atoms with E-state index in [9.17, 15) is 5.11 Å². The molecule has 0 amide bonds. The molecule has 1 unspecified atom stereocenters. The molecule has 1 aliphatic heterocycles. The molecule has 7 heteroatoms. The van der Waals surface area contributed by atoms with Crippen molar-refractivity contribution in [1.29, 1.82) is 0 Å². The summed E-state index contributed by atoms with van der Waals surface area (Å²) in [6.07, 6.45) is 2.30. The van der Waals surface area contributed by atoms with Crippen LogP contribution < -0.4 is 10.6 Å². The molecule has 3 N–H and O–H groups in total. The standard InChI is InChI=1S/C19H41N5O2/c1-5-20-18(21-10-8-9-11-23(6-2)7-3)22-16-19(4,25)17-24-12-14-26-15-13-24/h25H,5-17H2,1-4H3,(H2,20,21,22). The molecule has 0 aromatic heterocycles. The minimum atomic E-state index is -0.831. The maximum Gasteiger partial charge on any atom is 0.191 e. The number of β-amino-alcohol motifs (C(OH)–C–C–N with tert-alkyl or cyclic N) is 1. The van der Waals surface area contributed by atoms with Crippen LogP contribution in [0.1, 0.15) is 40.5 Å². The second-order valence-corrected chi connectivity index (χ2v) is 7.24. The summed E-state index contributed by atoms with van der Waals surface area (Å²) in [6.45, 7) is 17.7. The zero-order chi connectivity index (χ0) is 19.3. The van der Waals surface area contributed by atoms with Crippen LogP contribution in [0.5, 0.6) is 0 Å². The van der Waals surface area contributed by atoms with E-state index >= 15 is 0 Å². The number of nitrogens with one attached hydrogen (secondary N) is 2. The number of unbranched alkanes of at least 4 members (excludes halogenated alkanes) is 1. The van der Waals surface area contributed by atoms with Gasteiger partial charge in [0.2, 0.25) is 0 Å². The predicted molar refractivity (Wildman–Crippen MR) is 109 cm³/mol. The molecule has 1 aliphatic rings. The van der Waals surface area contributed by atoms with Gasteiger partial charge in [-0.2, -0.15) is 0 Å². The number of hydrogen-bond acceptors (Lipinski definition) is 5. The van der Waals surface area contributed by atoms with Gasteiger partial charge in [0.25, 0.3) is 0 Å². The summed E-state index contributed by atoms with van der Waals surface area (Å²) in [5, 5.41) is 17.3. The van der Waals surface area contributed by atoms with Crippen molar-refractivity contribution in [2.24, 2.45) is 4.99 Å². The minimum Gasteiger partial charge on any atom is -0.387 e. The summed E-state index contributed by atoms with van der Waals surface area (Å²) in [7, 11) is 0. The summed E-state index contributed by atoms with van der Waals surface area (Å²) in [5.74, 6) is 0.789. The highest BCUT2D eigenvalue weighted by Crippen LogP contribution is 2.09. The van der Waals surface area contributed by atoms with Gasteiger partial charge in [-0.15, -0.1) is 0 Å². The van der Waals surface area contributed by atoms with Crippen LogP contribution in [0.25, 0.3) is 0 Å². The lowest BCUT2D eigenvalue weighted by Gasteiger charge is -2.33. The van der Waals surface area contributed by atoms with Gasteiger partial charge < -0.3 is 25.4 Å². The molecule has 7 nitrogen and oxygen atoms in total.